The summed E-state index contributed by atoms with van der Waals surface area (Å²) in [5.41, 5.74) is 0.825. The maximum Gasteiger partial charge on any atom is 1.00 e. The third-order valence-electron chi connectivity index (χ3n) is 1.23. The first-order valence-electron chi connectivity index (χ1n) is 3.27. The van der Waals surface area contributed by atoms with E-state index in [0.29, 0.717) is 0 Å². The van der Waals surface area contributed by atoms with Crippen LogP contribution in [0.4, 0.5) is 0 Å². The SMILES string of the molecule is O=S([O-])(=S)C=Cc1ccccc1.[Na+]. The van der Waals surface area contributed by atoms with Gasteiger partial charge in [0.15, 0.2) is 0 Å². The second kappa shape index (κ2) is 5.90. The second-order valence-electron chi connectivity index (χ2n) is 2.21. The Kier molecular flexibility index (Phi) is 6.04. The normalized spacial score (nSPS) is 14.8. The van der Waals surface area contributed by atoms with E-state index in [-0.39, 0.29) is 29.6 Å². The molecular formula is C8H7NaO2S2. The summed E-state index contributed by atoms with van der Waals surface area (Å²) in [5.74, 6) is 0. The number of hydrogen-bond donors (Lipinski definition) is 0. The largest absolute Gasteiger partial charge is 1.00 e. The van der Waals surface area contributed by atoms with Gasteiger partial charge in [-0.3, -0.25) is 4.21 Å². The predicted molar refractivity (Wildman–Crippen MR) is 51.8 cm³/mol. The van der Waals surface area contributed by atoms with Crippen LogP contribution >= 0.6 is 0 Å². The molecule has 0 spiro atoms. The molecule has 1 atom stereocenters. The molecule has 0 amide bonds. The summed E-state index contributed by atoms with van der Waals surface area (Å²) in [6.07, 6.45) is 1.47. The Morgan fingerprint density at radius 2 is 1.85 bits per heavy atom. The molecule has 1 rings (SSSR count). The standard InChI is InChI=1S/C8H8O2S2.Na/c9-12(10,11)7-6-8-4-2-1-3-5-8;/h1-7H,(H,9,10,11);/q;+1/p-1. The summed E-state index contributed by atoms with van der Waals surface area (Å²) >= 11 is 4.17. The van der Waals surface area contributed by atoms with E-state index in [1.165, 1.54) is 6.08 Å². The molecule has 0 saturated heterocycles. The second-order valence-corrected chi connectivity index (χ2v) is 4.86. The van der Waals surface area contributed by atoms with Crippen LogP contribution in [0.25, 0.3) is 6.08 Å². The first kappa shape index (κ1) is 13.3. The quantitative estimate of drug-likeness (QED) is 0.574. The minimum absolute atomic E-state index is 0. The zero-order valence-electron chi connectivity index (χ0n) is 7.17. The first-order valence-corrected chi connectivity index (χ1v) is 5.74. The Morgan fingerprint density at radius 3 is 2.31 bits per heavy atom. The van der Waals surface area contributed by atoms with Crippen molar-refractivity contribution in [1.82, 2.24) is 0 Å². The van der Waals surface area contributed by atoms with Gasteiger partial charge < -0.3 is 4.55 Å². The fraction of sp³-hybridized carbons (Fsp3) is 0. The van der Waals surface area contributed by atoms with Crippen molar-refractivity contribution in [3.05, 3.63) is 41.3 Å². The monoisotopic (exact) mass is 222 g/mol. The van der Waals surface area contributed by atoms with Crippen molar-refractivity contribution in [3.8, 4) is 0 Å². The maximum absolute atomic E-state index is 10.5. The van der Waals surface area contributed by atoms with Crippen molar-refractivity contribution in [2.45, 2.75) is 0 Å². The number of benzene rings is 1. The topological polar surface area (TPSA) is 40.1 Å². The molecule has 0 radical (unpaired) electrons. The summed E-state index contributed by atoms with van der Waals surface area (Å²) in [6.45, 7) is 0. The molecule has 0 aliphatic heterocycles. The van der Waals surface area contributed by atoms with Crippen molar-refractivity contribution in [1.29, 1.82) is 0 Å². The van der Waals surface area contributed by atoms with Gasteiger partial charge in [0.25, 0.3) is 0 Å². The Labute approximate surface area is 105 Å². The molecule has 0 aliphatic rings. The van der Waals surface area contributed by atoms with Gasteiger partial charge in [0.1, 0.15) is 0 Å². The van der Waals surface area contributed by atoms with Gasteiger partial charge >= 0.3 is 29.6 Å². The Hall–Kier alpha value is 0.290. The van der Waals surface area contributed by atoms with Crippen LogP contribution in [-0.2, 0) is 20.0 Å². The van der Waals surface area contributed by atoms with E-state index in [9.17, 15) is 8.76 Å². The fourth-order valence-corrected chi connectivity index (χ4v) is 1.22. The molecule has 0 aromatic heterocycles. The van der Waals surface area contributed by atoms with Crippen LogP contribution in [0.5, 0.6) is 0 Å². The van der Waals surface area contributed by atoms with Crippen LogP contribution in [0.3, 0.4) is 0 Å². The molecule has 0 fully saturated rings. The van der Waals surface area contributed by atoms with Crippen molar-refractivity contribution in [3.63, 3.8) is 0 Å². The number of rotatable bonds is 2. The molecule has 0 N–H and O–H groups in total. The third kappa shape index (κ3) is 6.37. The smallest absolute Gasteiger partial charge is 0.766 e. The Balaban J connectivity index is 0.00000144. The van der Waals surface area contributed by atoms with Gasteiger partial charge in [-0.1, -0.05) is 30.3 Å². The summed E-state index contributed by atoms with van der Waals surface area (Å²) in [5, 5.41) is 1.01. The number of hydrogen-bond acceptors (Lipinski definition) is 3. The van der Waals surface area contributed by atoms with E-state index in [1.54, 1.807) is 12.1 Å². The van der Waals surface area contributed by atoms with Gasteiger partial charge in [-0.2, -0.15) is 0 Å². The molecule has 64 valence electrons. The zero-order chi connectivity index (χ0) is 9.03. The van der Waals surface area contributed by atoms with Gasteiger partial charge in [-0.25, -0.2) is 0 Å². The average Bonchev–Trinajstić information content (AvgIpc) is 2.02. The van der Waals surface area contributed by atoms with Crippen LogP contribution in [0.1, 0.15) is 5.56 Å². The Bertz CT molecular complexity index is 370. The molecule has 13 heavy (non-hydrogen) atoms. The van der Waals surface area contributed by atoms with Crippen LogP contribution in [0.15, 0.2) is 35.7 Å². The van der Waals surface area contributed by atoms with Crippen LogP contribution in [0.2, 0.25) is 0 Å². The van der Waals surface area contributed by atoms with E-state index in [4.69, 9.17) is 0 Å². The maximum atomic E-state index is 10.5. The summed E-state index contributed by atoms with van der Waals surface area (Å²) in [7, 11) is -3.42. The Morgan fingerprint density at radius 1 is 1.31 bits per heavy atom. The van der Waals surface area contributed by atoms with E-state index in [1.807, 2.05) is 18.2 Å². The summed E-state index contributed by atoms with van der Waals surface area (Å²) in [4.78, 5) is 0. The molecule has 0 saturated carbocycles. The van der Waals surface area contributed by atoms with Crippen molar-refractivity contribution in [2.75, 3.05) is 0 Å². The molecule has 0 bridgehead atoms. The van der Waals surface area contributed by atoms with Gasteiger partial charge in [0.2, 0.25) is 0 Å². The van der Waals surface area contributed by atoms with Gasteiger partial charge in [-0.05, 0) is 37.0 Å². The van der Waals surface area contributed by atoms with Crippen LogP contribution in [-0.4, -0.2) is 8.76 Å². The fourth-order valence-electron chi connectivity index (χ4n) is 0.726. The average molecular weight is 222 g/mol. The summed E-state index contributed by atoms with van der Waals surface area (Å²) in [6, 6.07) is 9.12. The zero-order valence-corrected chi connectivity index (χ0v) is 10.8. The van der Waals surface area contributed by atoms with Crippen molar-refractivity contribution < 1.29 is 38.3 Å². The van der Waals surface area contributed by atoms with Crippen molar-refractivity contribution >= 4 is 26.0 Å². The molecule has 0 heterocycles. The molecule has 1 unspecified atom stereocenters. The first-order chi connectivity index (χ1) is 5.58. The molecule has 1 aromatic rings. The minimum Gasteiger partial charge on any atom is -0.766 e. The van der Waals surface area contributed by atoms with Crippen molar-refractivity contribution in [2.24, 2.45) is 0 Å². The van der Waals surface area contributed by atoms with Gasteiger partial charge in [-0.15, -0.1) is 0 Å². The van der Waals surface area contributed by atoms with E-state index < -0.39 is 8.77 Å². The molecule has 0 aliphatic carbocycles. The van der Waals surface area contributed by atoms with E-state index in [0.717, 1.165) is 11.0 Å². The van der Waals surface area contributed by atoms with Crippen LogP contribution in [0, 0.1) is 0 Å². The van der Waals surface area contributed by atoms with Gasteiger partial charge in [0, 0.05) is 0 Å². The molecule has 1 aromatic carbocycles. The molecule has 5 heteroatoms. The minimum atomic E-state index is -3.42. The van der Waals surface area contributed by atoms with E-state index >= 15 is 0 Å². The van der Waals surface area contributed by atoms with Crippen LogP contribution < -0.4 is 29.6 Å². The summed E-state index contributed by atoms with van der Waals surface area (Å²) < 4.78 is 21.1. The molecule has 2 nitrogen and oxygen atoms in total. The predicted octanol–water partition coefficient (Wildman–Crippen LogP) is -1.46. The van der Waals surface area contributed by atoms with Gasteiger partial charge in [0.05, 0.1) is 0 Å². The third-order valence-corrected chi connectivity index (χ3v) is 2.03. The molecular weight excluding hydrogens is 215 g/mol. The van der Waals surface area contributed by atoms with E-state index in [2.05, 4.69) is 11.2 Å².